The molecular weight excluding hydrogens is 354 g/mol. The van der Waals surface area contributed by atoms with E-state index in [0.717, 1.165) is 5.75 Å². The zero-order valence-electron chi connectivity index (χ0n) is 16.5. The van der Waals surface area contributed by atoms with Crippen LogP contribution in [0.1, 0.15) is 25.0 Å². The average molecular weight is 374 g/mol. The van der Waals surface area contributed by atoms with Crippen molar-refractivity contribution in [1.29, 1.82) is 0 Å². The molecule has 2 heteroatoms. The molecule has 1 aliphatic heterocycles. The smallest absolute Gasteiger partial charge is 0.292 e. The van der Waals surface area contributed by atoms with E-state index < -0.39 is 0 Å². The molecule has 1 aromatic heterocycles. The third-order valence-corrected chi connectivity index (χ3v) is 6.87. The number of hydrogen-bond donors (Lipinski definition) is 0. The van der Waals surface area contributed by atoms with Crippen LogP contribution in [0.2, 0.25) is 0 Å². The molecule has 4 aromatic carbocycles. The highest BCUT2D eigenvalue weighted by Crippen LogP contribution is 2.56. The Morgan fingerprint density at radius 1 is 0.759 bits per heavy atom. The van der Waals surface area contributed by atoms with Crippen molar-refractivity contribution in [3.05, 3.63) is 84.1 Å². The summed E-state index contributed by atoms with van der Waals surface area (Å²) in [6.45, 7) is 5.31. The lowest BCUT2D eigenvalue weighted by Gasteiger charge is -2.23. The van der Waals surface area contributed by atoms with Crippen molar-refractivity contribution in [3.63, 3.8) is 0 Å². The van der Waals surface area contributed by atoms with E-state index in [1.807, 2.05) is 0 Å². The standard InChI is InChI=1S/C27H20NO/c1-27(2)24-20-10-6-5-9-18(20)13-22-23(24)26-25(27)21-12-17-8-4-3-7-16(17)11-19(21)14-28(26)15-29-22/h3-14H,15H2,1-2H3/q+1. The fraction of sp³-hybridized carbons (Fsp3) is 0.148. The number of nitrogens with zero attached hydrogens (tertiary/aromatic N) is 1. The van der Waals surface area contributed by atoms with Crippen molar-refractivity contribution in [1.82, 2.24) is 0 Å². The van der Waals surface area contributed by atoms with Crippen LogP contribution in [0.15, 0.2) is 72.9 Å². The number of fused-ring (bicyclic) bond motifs is 5. The van der Waals surface area contributed by atoms with Crippen LogP contribution in [0.3, 0.4) is 0 Å². The van der Waals surface area contributed by atoms with E-state index in [4.69, 9.17) is 4.74 Å². The van der Waals surface area contributed by atoms with E-state index in [0.29, 0.717) is 6.73 Å². The summed E-state index contributed by atoms with van der Waals surface area (Å²) in [5.41, 5.74) is 5.34. The lowest BCUT2D eigenvalue weighted by atomic mass is 9.78. The maximum atomic E-state index is 6.26. The molecule has 0 unspecified atom stereocenters. The molecule has 0 N–H and O–H groups in total. The van der Waals surface area contributed by atoms with Crippen LogP contribution >= 0.6 is 0 Å². The van der Waals surface area contributed by atoms with Gasteiger partial charge in [0.05, 0.1) is 5.56 Å². The summed E-state index contributed by atoms with van der Waals surface area (Å²) in [7, 11) is 0. The molecule has 0 amide bonds. The quantitative estimate of drug-likeness (QED) is 0.236. The zero-order chi connectivity index (χ0) is 19.3. The molecule has 2 aliphatic rings. The molecule has 29 heavy (non-hydrogen) atoms. The fourth-order valence-corrected chi connectivity index (χ4v) is 5.67. The van der Waals surface area contributed by atoms with Gasteiger partial charge in [0.1, 0.15) is 5.75 Å². The summed E-state index contributed by atoms with van der Waals surface area (Å²) in [4.78, 5) is 0. The first-order chi connectivity index (χ1) is 14.1. The molecule has 0 spiro atoms. The molecule has 0 bridgehead atoms. The van der Waals surface area contributed by atoms with Gasteiger partial charge in [0, 0.05) is 16.4 Å². The molecule has 7 rings (SSSR count). The number of pyridine rings is 1. The molecule has 0 atom stereocenters. The summed E-state index contributed by atoms with van der Waals surface area (Å²) in [6, 6.07) is 24.3. The van der Waals surface area contributed by atoms with Crippen molar-refractivity contribution in [2.75, 3.05) is 0 Å². The monoisotopic (exact) mass is 374 g/mol. The van der Waals surface area contributed by atoms with Crippen LogP contribution < -0.4 is 9.30 Å². The molecule has 0 radical (unpaired) electrons. The van der Waals surface area contributed by atoms with Gasteiger partial charge in [-0.2, -0.15) is 4.57 Å². The Labute approximate surface area is 169 Å². The lowest BCUT2D eigenvalue weighted by molar-refractivity contribution is -0.716. The summed E-state index contributed by atoms with van der Waals surface area (Å²) in [6.07, 6.45) is 2.27. The summed E-state index contributed by atoms with van der Waals surface area (Å²) >= 11 is 0. The second-order valence-electron chi connectivity index (χ2n) is 8.85. The SMILES string of the molecule is CC1(C)c2c3c(cc4ccccc24)OC[n+]2cc4cc5ccccc5cc4c1c2-3. The largest absolute Gasteiger partial charge is 0.435 e. The maximum Gasteiger partial charge on any atom is 0.292 e. The van der Waals surface area contributed by atoms with Gasteiger partial charge in [0.2, 0.25) is 5.69 Å². The second kappa shape index (κ2) is 4.96. The van der Waals surface area contributed by atoms with Crippen LogP contribution in [-0.4, -0.2) is 0 Å². The molecule has 138 valence electrons. The number of aromatic nitrogens is 1. The highest BCUT2D eigenvalue weighted by Gasteiger charge is 2.47. The highest BCUT2D eigenvalue weighted by atomic mass is 16.5. The van der Waals surface area contributed by atoms with E-state index in [9.17, 15) is 0 Å². The van der Waals surface area contributed by atoms with Gasteiger partial charge in [-0.25, -0.2) is 0 Å². The molecular formula is C27H20NO+. The summed E-state index contributed by atoms with van der Waals surface area (Å²) in [5, 5.41) is 7.80. The Bertz CT molecular complexity index is 1530. The van der Waals surface area contributed by atoms with Gasteiger partial charge in [-0.15, -0.1) is 0 Å². The van der Waals surface area contributed by atoms with Crippen molar-refractivity contribution in [3.8, 4) is 17.0 Å². The maximum absolute atomic E-state index is 6.26. The van der Waals surface area contributed by atoms with Crippen molar-refractivity contribution in [2.24, 2.45) is 0 Å². The van der Waals surface area contributed by atoms with Gasteiger partial charge in [0.15, 0.2) is 6.20 Å². The van der Waals surface area contributed by atoms with Crippen LogP contribution in [0.4, 0.5) is 0 Å². The molecule has 5 aromatic rings. The normalized spacial score (nSPS) is 15.7. The van der Waals surface area contributed by atoms with Gasteiger partial charge >= 0.3 is 0 Å². The Hall–Kier alpha value is -3.39. The van der Waals surface area contributed by atoms with E-state index in [2.05, 4.69) is 91.3 Å². The molecule has 1 aliphatic carbocycles. The van der Waals surface area contributed by atoms with E-state index >= 15 is 0 Å². The second-order valence-corrected chi connectivity index (χ2v) is 8.85. The third-order valence-electron chi connectivity index (χ3n) is 6.87. The number of hydrogen-bond acceptors (Lipinski definition) is 1. The predicted octanol–water partition coefficient (Wildman–Crippen LogP) is 6.09. The number of rotatable bonds is 0. The van der Waals surface area contributed by atoms with Crippen molar-refractivity contribution in [2.45, 2.75) is 26.0 Å². The Morgan fingerprint density at radius 3 is 2.31 bits per heavy atom. The predicted molar refractivity (Wildman–Crippen MR) is 117 cm³/mol. The Kier molecular flexibility index (Phi) is 2.65. The molecule has 0 fully saturated rings. The van der Waals surface area contributed by atoms with Crippen LogP contribution in [0.25, 0.3) is 43.6 Å². The van der Waals surface area contributed by atoms with Crippen molar-refractivity contribution >= 4 is 32.3 Å². The van der Waals surface area contributed by atoms with E-state index in [-0.39, 0.29) is 5.41 Å². The highest BCUT2D eigenvalue weighted by molar-refractivity contribution is 6.06. The number of ether oxygens (including phenoxy) is 1. The molecule has 0 saturated carbocycles. The van der Waals surface area contributed by atoms with Gasteiger partial charge in [-0.1, -0.05) is 62.4 Å². The molecule has 2 heterocycles. The summed E-state index contributed by atoms with van der Waals surface area (Å²) < 4.78 is 8.57. The third kappa shape index (κ3) is 1.80. The average Bonchev–Trinajstić information content (AvgIpc) is 2.99. The number of benzene rings is 4. The van der Waals surface area contributed by atoms with E-state index in [1.54, 1.807) is 0 Å². The van der Waals surface area contributed by atoms with Crippen LogP contribution in [0, 0.1) is 0 Å². The van der Waals surface area contributed by atoms with Gasteiger partial charge in [-0.05, 0) is 50.7 Å². The van der Waals surface area contributed by atoms with Crippen LogP contribution in [-0.2, 0) is 12.1 Å². The Balaban J connectivity index is 1.72. The first-order valence-electron chi connectivity index (χ1n) is 10.2. The minimum Gasteiger partial charge on any atom is -0.435 e. The zero-order valence-corrected chi connectivity index (χ0v) is 16.5. The van der Waals surface area contributed by atoms with Crippen molar-refractivity contribution < 1.29 is 9.30 Å². The first kappa shape index (κ1) is 15.5. The van der Waals surface area contributed by atoms with Gasteiger partial charge in [-0.3, -0.25) is 0 Å². The van der Waals surface area contributed by atoms with E-state index in [1.165, 1.54) is 54.7 Å². The molecule has 0 saturated heterocycles. The topological polar surface area (TPSA) is 13.1 Å². The lowest BCUT2D eigenvalue weighted by Crippen LogP contribution is -2.41. The fourth-order valence-electron chi connectivity index (χ4n) is 5.67. The Morgan fingerprint density at radius 2 is 1.48 bits per heavy atom. The first-order valence-corrected chi connectivity index (χ1v) is 10.2. The van der Waals surface area contributed by atoms with Crippen LogP contribution in [0.5, 0.6) is 5.75 Å². The van der Waals surface area contributed by atoms with Gasteiger partial charge < -0.3 is 4.74 Å². The molecule has 2 nitrogen and oxygen atoms in total. The van der Waals surface area contributed by atoms with Gasteiger partial charge in [0.25, 0.3) is 6.73 Å². The summed E-state index contributed by atoms with van der Waals surface area (Å²) in [5.74, 6) is 1.02. The minimum absolute atomic E-state index is 0.0995. The minimum atomic E-state index is -0.0995.